The summed E-state index contributed by atoms with van der Waals surface area (Å²) < 4.78 is 5.62. The third-order valence-corrected chi connectivity index (χ3v) is 6.58. The van der Waals surface area contributed by atoms with Crippen LogP contribution in [0.1, 0.15) is 107 Å². The molecule has 1 rings (SSSR count). The van der Waals surface area contributed by atoms with Crippen molar-refractivity contribution in [3.05, 3.63) is 22.7 Å². The van der Waals surface area contributed by atoms with Gasteiger partial charge in [0.1, 0.15) is 5.76 Å². The van der Waals surface area contributed by atoms with Gasteiger partial charge in [0.2, 0.25) is 0 Å². The molecule has 1 atom stereocenters. The van der Waals surface area contributed by atoms with Gasteiger partial charge >= 0.3 is 5.97 Å². The molecule has 0 bridgehead atoms. The van der Waals surface area contributed by atoms with Crippen LogP contribution in [0.25, 0.3) is 0 Å². The Balaban J connectivity index is 3.71. The molecular formula is C29H48O5. The normalized spacial score (nSPS) is 17.2. The van der Waals surface area contributed by atoms with E-state index in [9.17, 15) is 19.5 Å². The highest BCUT2D eigenvalue weighted by molar-refractivity contribution is 6.10. The summed E-state index contributed by atoms with van der Waals surface area (Å²) in [5, 5.41) is 11.5. The van der Waals surface area contributed by atoms with Gasteiger partial charge in [0.25, 0.3) is 0 Å². The van der Waals surface area contributed by atoms with Crippen molar-refractivity contribution in [3.8, 4) is 0 Å². The van der Waals surface area contributed by atoms with Crippen LogP contribution in [0.2, 0.25) is 0 Å². The van der Waals surface area contributed by atoms with E-state index in [2.05, 4.69) is 41.5 Å². The van der Waals surface area contributed by atoms with E-state index in [-0.39, 0.29) is 41.0 Å². The summed E-state index contributed by atoms with van der Waals surface area (Å²) in [6.45, 7) is 18.0. The Bertz CT molecular complexity index is 770. The highest BCUT2D eigenvalue weighted by Crippen LogP contribution is 2.42. The molecule has 0 radical (unpaired) electrons. The average Bonchev–Trinajstić information content (AvgIpc) is 2.73. The van der Waals surface area contributed by atoms with Crippen LogP contribution in [0.15, 0.2) is 22.7 Å². The van der Waals surface area contributed by atoms with Crippen molar-refractivity contribution in [1.29, 1.82) is 0 Å². The van der Waals surface area contributed by atoms with Crippen molar-refractivity contribution in [2.24, 2.45) is 35.5 Å². The van der Waals surface area contributed by atoms with Gasteiger partial charge in [-0.25, -0.2) is 0 Å². The quantitative estimate of drug-likeness (QED) is 0.265. The lowest BCUT2D eigenvalue weighted by Gasteiger charge is -2.33. The van der Waals surface area contributed by atoms with E-state index in [1.807, 2.05) is 0 Å². The summed E-state index contributed by atoms with van der Waals surface area (Å²) in [5.41, 5.74) is 0.431. The van der Waals surface area contributed by atoms with Crippen molar-refractivity contribution in [1.82, 2.24) is 0 Å². The van der Waals surface area contributed by atoms with Crippen molar-refractivity contribution in [3.63, 3.8) is 0 Å². The summed E-state index contributed by atoms with van der Waals surface area (Å²) in [5.74, 6) is -1.14. The number of hydrogen-bond acceptors (Lipinski definition) is 5. The second-order valence-corrected chi connectivity index (χ2v) is 11.4. The first-order chi connectivity index (χ1) is 15.8. The maximum absolute atomic E-state index is 13.9. The number of carbonyl (C=O) groups excluding carboxylic acids is 3. The second kappa shape index (κ2) is 13.8. The predicted octanol–water partition coefficient (Wildman–Crippen LogP) is 7.35. The molecule has 0 fully saturated rings. The van der Waals surface area contributed by atoms with Gasteiger partial charge in [-0.1, -0.05) is 75.2 Å². The molecule has 194 valence electrons. The molecule has 0 aromatic heterocycles. The van der Waals surface area contributed by atoms with Crippen molar-refractivity contribution in [2.75, 3.05) is 0 Å². The van der Waals surface area contributed by atoms with Crippen molar-refractivity contribution >= 4 is 17.5 Å². The molecule has 0 aromatic carbocycles. The van der Waals surface area contributed by atoms with Gasteiger partial charge in [0.15, 0.2) is 17.3 Å². The van der Waals surface area contributed by atoms with E-state index < -0.39 is 17.8 Å². The zero-order valence-corrected chi connectivity index (χ0v) is 23.0. The number of Topliss-reactive ketones (excluding diaryl/α,β-unsaturated/α-hetero) is 2. The zero-order valence-electron chi connectivity index (χ0n) is 23.0. The molecule has 0 saturated carbocycles. The Kier molecular flexibility index (Phi) is 12.3. The lowest BCUT2D eigenvalue weighted by atomic mass is 9.71. The van der Waals surface area contributed by atoms with E-state index in [4.69, 9.17) is 4.74 Å². The molecule has 0 aromatic rings. The molecule has 1 N–H and O–H groups in total. The Morgan fingerprint density at radius 2 is 1.35 bits per heavy atom. The molecule has 1 aliphatic rings. The fourth-order valence-electron chi connectivity index (χ4n) is 4.35. The van der Waals surface area contributed by atoms with Gasteiger partial charge in [-0.05, 0) is 49.4 Å². The van der Waals surface area contributed by atoms with Crippen LogP contribution in [0.5, 0.6) is 0 Å². The summed E-state index contributed by atoms with van der Waals surface area (Å²) in [4.78, 5) is 39.6. The number of esters is 1. The summed E-state index contributed by atoms with van der Waals surface area (Å²) in [6.07, 6.45) is 4.75. The summed E-state index contributed by atoms with van der Waals surface area (Å²) in [7, 11) is 0. The lowest BCUT2D eigenvalue weighted by Crippen LogP contribution is -2.36. The molecule has 1 unspecified atom stereocenters. The third kappa shape index (κ3) is 8.39. The lowest BCUT2D eigenvalue weighted by molar-refractivity contribution is -0.139. The SMILES string of the molecule is CCC(=O)OC1=C(CCC(C)C)C(=O)C(C(CCC(C)C)CCC(C)C)C(O)=C1C(=O)C(C)C. The fraction of sp³-hybridized carbons (Fsp3) is 0.759. The number of ether oxygens (including phenoxy) is 1. The number of aliphatic hydroxyl groups is 1. The number of allylic oxidation sites excluding steroid dienone is 3. The van der Waals surface area contributed by atoms with Gasteiger partial charge in [-0.2, -0.15) is 0 Å². The topological polar surface area (TPSA) is 80.7 Å². The molecule has 1 aliphatic carbocycles. The largest absolute Gasteiger partial charge is 0.511 e. The maximum Gasteiger partial charge on any atom is 0.310 e. The first kappa shape index (κ1) is 30.1. The Labute approximate surface area is 207 Å². The molecule has 0 amide bonds. The Morgan fingerprint density at radius 1 is 0.853 bits per heavy atom. The highest BCUT2D eigenvalue weighted by Gasteiger charge is 2.44. The molecule has 5 heteroatoms. The standard InChI is InChI=1S/C29H48O5/c1-10-23(30)34-29-22(16-13-19(6)7)27(32)24(28(33)25(29)26(31)20(8)9)21(14-11-17(2)3)15-12-18(4)5/h17-21,24,33H,10-16H2,1-9H3. The van der Waals surface area contributed by atoms with E-state index in [0.717, 1.165) is 32.1 Å². The molecule has 0 aliphatic heterocycles. The third-order valence-electron chi connectivity index (χ3n) is 6.58. The van der Waals surface area contributed by atoms with Crippen LogP contribution in [0.4, 0.5) is 0 Å². The van der Waals surface area contributed by atoms with E-state index >= 15 is 0 Å². The minimum absolute atomic E-state index is 0.00332. The first-order valence-electron chi connectivity index (χ1n) is 13.3. The van der Waals surface area contributed by atoms with Crippen LogP contribution in [-0.4, -0.2) is 22.6 Å². The van der Waals surface area contributed by atoms with E-state index in [1.54, 1.807) is 20.8 Å². The minimum Gasteiger partial charge on any atom is -0.511 e. The number of ketones is 2. The Hall–Kier alpha value is -1.91. The van der Waals surface area contributed by atoms with Crippen LogP contribution in [0, 0.1) is 35.5 Å². The van der Waals surface area contributed by atoms with Crippen molar-refractivity contribution < 1.29 is 24.2 Å². The molecule has 0 heterocycles. The van der Waals surface area contributed by atoms with Crippen LogP contribution in [-0.2, 0) is 19.1 Å². The van der Waals surface area contributed by atoms with Crippen LogP contribution >= 0.6 is 0 Å². The average molecular weight is 477 g/mol. The van der Waals surface area contributed by atoms with Gasteiger partial charge in [-0.3, -0.25) is 14.4 Å². The van der Waals surface area contributed by atoms with Crippen LogP contribution < -0.4 is 0 Å². The van der Waals surface area contributed by atoms with E-state index in [0.29, 0.717) is 29.7 Å². The molecule has 34 heavy (non-hydrogen) atoms. The second-order valence-electron chi connectivity index (χ2n) is 11.4. The molecule has 0 spiro atoms. The van der Waals surface area contributed by atoms with Gasteiger partial charge in [0, 0.05) is 17.9 Å². The van der Waals surface area contributed by atoms with Crippen LogP contribution in [0.3, 0.4) is 0 Å². The number of carbonyl (C=O) groups is 3. The van der Waals surface area contributed by atoms with Gasteiger partial charge < -0.3 is 9.84 Å². The monoisotopic (exact) mass is 476 g/mol. The molecule has 5 nitrogen and oxygen atoms in total. The van der Waals surface area contributed by atoms with Crippen molar-refractivity contribution in [2.45, 2.75) is 107 Å². The maximum atomic E-state index is 13.9. The van der Waals surface area contributed by atoms with Gasteiger partial charge in [0.05, 0.1) is 11.5 Å². The number of hydrogen-bond donors (Lipinski definition) is 1. The first-order valence-corrected chi connectivity index (χ1v) is 13.3. The zero-order chi connectivity index (χ0) is 26.2. The molecular weight excluding hydrogens is 428 g/mol. The minimum atomic E-state index is -0.763. The fourth-order valence-corrected chi connectivity index (χ4v) is 4.35. The summed E-state index contributed by atoms with van der Waals surface area (Å²) in [6, 6.07) is 0. The summed E-state index contributed by atoms with van der Waals surface area (Å²) >= 11 is 0. The Morgan fingerprint density at radius 3 is 1.76 bits per heavy atom. The predicted molar refractivity (Wildman–Crippen MR) is 137 cm³/mol. The molecule has 0 saturated heterocycles. The number of aliphatic hydroxyl groups excluding tert-OH is 1. The highest BCUT2D eigenvalue weighted by atomic mass is 16.5. The smallest absolute Gasteiger partial charge is 0.310 e. The number of rotatable bonds is 14. The van der Waals surface area contributed by atoms with E-state index in [1.165, 1.54) is 0 Å². The van der Waals surface area contributed by atoms with Gasteiger partial charge in [-0.15, -0.1) is 0 Å².